The summed E-state index contributed by atoms with van der Waals surface area (Å²) >= 11 is 6.03. The number of anilines is 2. The van der Waals surface area contributed by atoms with Crippen LogP contribution in [0.3, 0.4) is 0 Å². The number of aryl methyl sites for hydroxylation is 1. The molecule has 0 unspecified atom stereocenters. The first kappa shape index (κ1) is 26.1. The van der Waals surface area contributed by atoms with Crippen LogP contribution >= 0.6 is 11.6 Å². The van der Waals surface area contributed by atoms with Crippen LogP contribution in [-0.4, -0.2) is 53.3 Å². The average molecular weight is 497 g/mol. The molecule has 0 aliphatic carbocycles. The van der Waals surface area contributed by atoms with Crippen molar-refractivity contribution < 1.29 is 32.3 Å². The Balaban J connectivity index is 2.13. The molecule has 0 aromatic heterocycles. The van der Waals surface area contributed by atoms with Gasteiger partial charge in [-0.25, -0.2) is 18.0 Å². The van der Waals surface area contributed by atoms with E-state index in [9.17, 15) is 22.8 Å². The standard InChI is InChI=1S/C22H25ClN2O7S/c1-14-7-8-17(23)13-19(14)25(33(4,29)30)9-5-6-20(26)24-18-11-15(21(27)31-2)10-16(12-18)22(28)32-3/h7-8,10-13H,5-6,9H2,1-4H3,(H,24,26). The molecule has 0 saturated carbocycles. The summed E-state index contributed by atoms with van der Waals surface area (Å²) in [6, 6.07) is 8.98. The summed E-state index contributed by atoms with van der Waals surface area (Å²) in [4.78, 5) is 36.2. The molecule has 33 heavy (non-hydrogen) atoms. The monoisotopic (exact) mass is 496 g/mol. The van der Waals surface area contributed by atoms with Gasteiger partial charge in [0.15, 0.2) is 0 Å². The first-order valence-corrected chi connectivity index (χ1v) is 12.0. The number of carbonyl (C=O) groups is 3. The van der Waals surface area contributed by atoms with Gasteiger partial charge in [0, 0.05) is 23.7 Å². The van der Waals surface area contributed by atoms with E-state index < -0.39 is 27.9 Å². The summed E-state index contributed by atoms with van der Waals surface area (Å²) in [5.74, 6) is -1.79. The fraction of sp³-hybridized carbons (Fsp3) is 0.318. The molecule has 2 aromatic carbocycles. The van der Waals surface area contributed by atoms with Crippen molar-refractivity contribution in [2.75, 3.05) is 36.6 Å². The molecule has 0 spiro atoms. The second-order valence-electron chi connectivity index (χ2n) is 7.20. The Morgan fingerprint density at radius 2 is 1.58 bits per heavy atom. The molecule has 9 nitrogen and oxygen atoms in total. The van der Waals surface area contributed by atoms with Gasteiger partial charge >= 0.3 is 11.9 Å². The number of halogens is 1. The molecule has 0 aliphatic heterocycles. The van der Waals surface area contributed by atoms with E-state index in [1.165, 1.54) is 36.7 Å². The molecule has 178 valence electrons. The number of esters is 2. The van der Waals surface area contributed by atoms with E-state index >= 15 is 0 Å². The Labute approximate surface area is 197 Å². The molecule has 0 fully saturated rings. The highest BCUT2D eigenvalue weighted by Crippen LogP contribution is 2.26. The van der Waals surface area contributed by atoms with E-state index in [1.807, 2.05) is 0 Å². The van der Waals surface area contributed by atoms with Crippen LogP contribution < -0.4 is 9.62 Å². The minimum atomic E-state index is -3.61. The lowest BCUT2D eigenvalue weighted by Gasteiger charge is -2.24. The Morgan fingerprint density at radius 3 is 2.09 bits per heavy atom. The summed E-state index contributed by atoms with van der Waals surface area (Å²) in [6.45, 7) is 1.83. The van der Waals surface area contributed by atoms with Gasteiger partial charge in [0.1, 0.15) is 0 Å². The third kappa shape index (κ3) is 7.19. The summed E-state index contributed by atoms with van der Waals surface area (Å²) in [6.07, 6.45) is 1.28. The molecule has 1 N–H and O–H groups in total. The summed E-state index contributed by atoms with van der Waals surface area (Å²) in [5.41, 5.74) is 1.50. The van der Waals surface area contributed by atoms with Gasteiger partial charge < -0.3 is 14.8 Å². The highest BCUT2D eigenvalue weighted by molar-refractivity contribution is 7.92. The maximum atomic E-state index is 12.5. The molecule has 0 radical (unpaired) electrons. The molecule has 2 rings (SSSR count). The normalized spacial score (nSPS) is 10.9. The van der Waals surface area contributed by atoms with Crippen LogP contribution in [0.2, 0.25) is 5.02 Å². The van der Waals surface area contributed by atoms with Crippen LogP contribution in [0.1, 0.15) is 39.1 Å². The van der Waals surface area contributed by atoms with Crippen LogP contribution in [0, 0.1) is 6.92 Å². The quantitative estimate of drug-likeness (QED) is 0.528. The zero-order valence-electron chi connectivity index (χ0n) is 18.7. The maximum Gasteiger partial charge on any atom is 0.337 e. The molecular weight excluding hydrogens is 472 g/mol. The van der Waals surface area contributed by atoms with Crippen molar-refractivity contribution >= 4 is 50.8 Å². The van der Waals surface area contributed by atoms with Crippen molar-refractivity contribution in [3.8, 4) is 0 Å². The number of nitrogens with one attached hydrogen (secondary N) is 1. The highest BCUT2D eigenvalue weighted by atomic mass is 35.5. The highest BCUT2D eigenvalue weighted by Gasteiger charge is 2.20. The van der Waals surface area contributed by atoms with Gasteiger partial charge in [0.2, 0.25) is 15.9 Å². The third-order valence-electron chi connectivity index (χ3n) is 4.66. The fourth-order valence-corrected chi connectivity index (χ4v) is 4.28. The Kier molecular flexibility index (Phi) is 8.84. The molecule has 0 saturated heterocycles. The Hall–Kier alpha value is -3.11. The van der Waals surface area contributed by atoms with Crippen molar-refractivity contribution in [1.29, 1.82) is 0 Å². The van der Waals surface area contributed by atoms with E-state index in [2.05, 4.69) is 14.8 Å². The number of rotatable bonds is 9. The zero-order chi connectivity index (χ0) is 24.8. The number of sulfonamides is 1. The maximum absolute atomic E-state index is 12.5. The molecule has 0 heterocycles. The largest absolute Gasteiger partial charge is 0.465 e. The van der Waals surface area contributed by atoms with Crippen LogP contribution in [0.5, 0.6) is 0 Å². The number of nitrogens with zero attached hydrogens (tertiary/aromatic N) is 1. The van der Waals surface area contributed by atoms with Gasteiger partial charge in [-0.1, -0.05) is 17.7 Å². The predicted octanol–water partition coefficient (Wildman–Crippen LogP) is 3.41. The molecule has 0 bridgehead atoms. The summed E-state index contributed by atoms with van der Waals surface area (Å²) in [7, 11) is -1.22. The fourth-order valence-electron chi connectivity index (χ4n) is 3.09. The minimum Gasteiger partial charge on any atom is -0.465 e. The summed E-state index contributed by atoms with van der Waals surface area (Å²) < 4.78 is 35.2. The number of ether oxygens (including phenoxy) is 2. The van der Waals surface area contributed by atoms with Crippen molar-refractivity contribution in [2.45, 2.75) is 19.8 Å². The number of benzene rings is 2. The number of hydrogen-bond acceptors (Lipinski definition) is 7. The predicted molar refractivity (Wildman–Crippen MR) is 125 cm³/mol. The van der Waals surface area contributed by atoms with E-state index in [0.717, 1.165) is 11.8 Å². The number of methoxy groups -OCH3 is 2. The third-order valence-corrected chi connectivity index (χ3v) is 6.08. The van der Waals surface area contributed by atoms with Crippen LogP contribution in [0.25, 0.3) is 0 Å². The van der Waals surface area contributed by atoms with E-state index in [-0.39, 0.29) is 36.2 Å². The second-order valence-corrected chi connectivity index (χ2v) is 9.54. The second kappa shape index (κ2) is 11.2. The van der Waals surface area contributed by atoms with Crippen LogP contribution in [0.4, 0.5) is 11.4 Å². The Bertz CT molecular complexity index is 1130. The Morgan fingerprint density at radius 1 is 1.00 bits per heavy atom. The first-order valence-electron chi connectivity index (χ1n) is 9.81. The number of carbonyl (C=O) groups excluding carboxylic acids is 3. The van der Waals surface area contributed by atoms with Gasteiger partial charge in [-0.3, -0.25) is 9.10 Å². The lowest BCUT2D eigenvalue weighted by molar-refractivity contribution is -0.116. The van der Waals surface area contributed by atoms with E-state index in [1.54, 1.807) is 25.1 Å². The average Bonchev–Trinajstić information content (AvgIpc) is 2.76. The number of hydrogen-bond donors (Lipinski definition) is 1. The topological polar surface area (TPSA) is 119 Å². The van der Waals surface area contributed by atoms with Gasteiger partial charge in [0.05, 0.1) is 37.3 Å². The van der Waals surface area contributed by atoms with Crippen molar-refractivity contribution in [3.63, 3.8) is 0 Å². The first-order chi connectivity index (χ1) is 15.5. The van der Waals surface area contributed by atoms with E-state index in [0.29, 0.717) is 10.7 Å². The van der Waals surface area contributed by atoms with Crippen LogP contribution in [-0.2, 0) is 24.3 Å². The molecule has 1 amide bonds. The van der Waals surface area contributed by atoms with Gasteiger partial charge in [-0.05, 0) is 49.2 Å². The van der Waals surface area contributed by atoms with Crippen LogP contribution in [0.15, 0.2) is 36.4 Å². The minimum absolute atomic E-state index is 0.0123. The van der Waals surface area contributed by atoms with Gasteiger partial charge in [-0.2, -0.15) is 0 Å². The smallest absolute Gasteiger partial charge is 0.337 e. The lowest BCUT2D eigenvalue weighted by Crippen LogP contribution is -2.32. The molecule has 0 aliphatic rings. The van der Waals surface area contributed by atoms with Crippen molar-refractivity contribution in [2.24, 2.45) is 0 Å². The van der Waals surface area contributed by atoms with Crippen molar-refractivity contribution in [3.05, 3.63) is 58.1 Å². The van der Waals surface area contributed by atoms with Gasteiger partial charge in [-0.15, -0.1) is 0 Å². The number of amides is 1. The van der Waals surface area contributed by atoms with Crippen molar-refractivity contribution in [1.82, 2.24) is 0 Å². The molecule has 0 atom stereocenters. The zero-order valence-corrected chi connectivity index (χ0v) is 20.2. The lowest BCUT2D eigenvalue weighted by atomic mass is 10.1. The molecular formula is C22H25ClN2O7S. The molecule has 2 aromatic rings. The molecule has 11 heteroatoms. The van der Waals surface area contributed by atoms with Gasteiger partial charge in [0.25, 0.3) is 0 Å². The summed E-state index contributed by atoms with van der Waals surface area (Å²) in [5, 5.41) is 3.01. The van der Waals surface area contributed by atoms with E-state index in [4.69, 9.17) is 11.6 Å². The SMILES string of the molecule is COC(=O)c1cc(NC(=O)CCCN(c2cc(Cl)ccc2C)S(C)(=O)=O)cc(C(=O)OC)c1.